The summed E-state index contributed by atoms with van der Waals surface area (Å²) in [5.41, 5.74) is 1.05. The SMILES string of the molecule is CC1CCNC(c2ccccc2)CN1CC(F)(F)F. The molecule has 2 rings (SSSR count). The maximum absolute atomic E-state index is 12.6. The molecule has 2 nitrogen and oxygen atoms in total. The lowest BCUT2D eigenvalue weighted by molar-refractivity contribution is -0.150. The Morgan fingerprint density at radius 2 is 1.95 bits per heavy atom. The van der Waals surface area contributed by atoms with Gasteiger partial charge in [0.15, 0.2) is 0 Å². The fourth-order valence-electron chi connectivity index (χ4n) is 2.49. The van der Waals surface area contributed by atoms with E-state index in [1.165, 1.54) is 4.90 Å². The standard InChI is InChI=1S/C14H19F3N2/c1-11-7-8-18-13(12-5-3-2-4-6-12)9-19(11)10-14(15,16)17/h2-6,11,13,18H,7-10H2,1H3. The summed E-state index contributed by atoms with van der Waals surface area (Å²) in [6, 6.07) is 9.57. The number of alkyl halides is 3. The molecule has 1 aromatic carbocycles. The third-order valence-electron chi connectivity index (χ3n) is 3.58. The Morgan fingerprint density at radius 3 is 2.58 bits per heavy atom. The van der Waals surface area contributed by atoms with Gasteiger partial charge in [-0.2, -0.15) is 13.2 Å². The summed E-state index contributed by atoms with van der Waals surface area (Å²) in [5.74, 6) is 0. The lowest BCUT2D eigenvalue weighted by atomic mass is 10.1. The molecule has 0 bridgehead atoms. The van der Waals surface area contributed by atoms with Crippen molar-refractivity contribution in [2.24, 2.45) is 0 Å². The quantitative estimate of drug-likeness (QED) is 0.890. The third-order valence-corrected chi connectivity index (χ3v) is 3.58. The number of benzene rings is 1. The van der Waals surface area contributed by atoms with Crippen LogP contribution < -0.4 is 5.32 Å². The summed E-state index contributed by atoms with van der Waals surface area (Å²) >= 11 is 0. The first-order valence-corrected chi connectivity index (χ1v) is 6.55. The van der Waals surface area contributed by atoms with Gasteiger partial charge in [-0.25, -0.2) is 0 Å². The van der Waals surface area contributed by atoms with Gasteiger partial charge in [0, 0.05) is 18.6 Å². The normalized spacial score (nSPS) is 26.1. The number of halogens is 3. The molecule has 1 fully saturated rings. The van der Waals surface area contributed by atoms with E-state index in [9.17, 15) is 13.2 Å². The molecule has 0 spiro atoms. The maximum Gasteiger partial charge on any atom is 0.401 e. The largest absolute Gasteiger partial charge is 0.401 e. The van der Waals surface area contributed by atoms with E-state index in [4.69, 9.17) is 0 Å². The summed E-state index contributed by atoms with van der Waals surface area (Å²) in [7, 11) is 0. The highest BCUT2D eigenvalue weighted by molar-refractivity contribution is 5.19. The monoisotopic (exact) mass is 272 g/mol. The van der Waals surface area contributed by atoms with Crippen LogP contribution in [-0.2, 0) is 0 Å². The molecule has 1 aliphatic rings. The highest BCUT2D eigenvalue weighted by atomic mass is 19.4. The van der Waals surface area contributed by atoms with Crippen molar-refractivity contribution in [3.05, 3.63) is 35.9 Å². The van der Waals surface area contributed by atoms with Crippen LogP contribution in [0, 0.1) is 0 Å². The fourth-order valence-corrected chi connectivity index (χ4v) is 2.49. The van der Waals surface area contributed by atoms with Crippen molar-refractivity contribution in [3.8, 4) is 0 Å². The van der Waals surface area contributed by atoms with Crippen molar-refractivity contribution in [2.45, 2.75) is 31.6 Å². The molecule has 0 amide bonds. The van der Waals surface area contributed by atoms with Crippen molar-refractivity contribution >= 4 is 0 Å². The minimum atomic E-state index is -4.14. The Hall–Kier alpha value is -1.07. The summed E-state index contributed by atoms with van der Waals surface area (Å²) in [6.45, 7) is 2.17. The van der Waals surface area contributed by atoms with Gasteiger partial charge in [-0.15, -0.1) is 0 Å². The second kappa shape index (κ2) is 5.92. The predicted octanol–water partition coefficient (Wildman–Crippen LogP) is 2.97. The van der Waals surface area contributed by atoms with Gasteiger partial charge >= 0.3 is 6.18 Å². The topological polar surface area (TPSA) is 15.3 Å². The van der Waals surface area contributed by atoms with E-state index >= 15 is 0 Å². The zero-order valence-electron chi connectivity index (χ0n) is 11.0. The Labute approximate surface area is 111 Å². The molecule has 2 unspecified atom stereocenters. The van der Waals surface area contributed by atoms with Crippen molar-refractivity contribution in [1.82, 2.24) is 10.2 Å². The van der Waals surface area contributed by atoms with Gasteiger partial charge in [0.25, 0.3) is 0 Å². The van der Waals surface area contributed by atoms with Crippen LogP contribution in [-0.4, -0.2) is 36.8 Å². The molecule has 1 saturated heterocycles. The molecule has 106 valence electrons. The molecule has 0 saturated carbocycles. The van der Waals surface area contributed by atoms with Gasteiger partial charge in [-0.3, -0.25) is 4.90 Å². The molecule has 0 aliphatic carbocycles. The summed E-state index contributed by atoms with van der Waals surface area (Å²) in [6.07, 6.45) is -3.40. The third kappa shape index (κ3) is 4.21. The average Bonchev–Trinajstić information content (AvgIpc) is 2.52. The smallest absolute Gasteiger partial charge is 0.309 e. The lowest BCUT2D eigenvalue weighted by Gasteiger charge is -2.29. The van der Waals surface area contributed by atoms with Crippen molar-refractivity contribution in [2.75, 3.05) is 19.6 Å². The van der Waals surface area contributed by atoms with Crippen LogP contribution in [0.1, 0.15) is 24.9 Å². The Kier molecular flexibility index (Phi) is 4.47. The summed E-state index contributed by atoms with van der Waals surface area (Å²) in [5, 5.41) is 3.34. The van der Waals surface area contributed by atoms with Gasteiger partial charge in [-0.05, 0) is 25.5 Å². The molecule has 0 radical (unpaired) electrons. The van der Waals surface area contributed by atoms with E-state index in [0.717, 1.165) is 18.5 Å². The van der Waals surface area contributed by atoms with Crippen LogP contribution in [0.15, 0.2) is 30.3 Å². The van der Waals surface area contributed by atoms with Gasteiger partial charge in [0.2, 0.25) is 0 Å². The Bertz CT molecular complexity index is 391. The molecule has 1 heterocycles. The highest BCUT2D eigenvalue weighted by Crippen LogP contribution is 2.24. The number of rotatable bonds is 2. The van der Waals surface area contributed by atoms with E-state index < -0.39 is 12.7 Å². The van der Waals surface area contributed by atoms with Crippen molar-refractivity contribution in [1.29, 1.82) is 0 Å². The number of hydrogen-bond acceptors (Lipinski definition) is 2. The van der Waals surface area contributed by atoms with Gasteiger partial charge < -0.3 is 5.32 Å². The molecule has 2 atom stereocenters. The second-order valence-corrected chi connectivity index (χ2v) is 5.10. The molecule has 1 aromatic rings. The predicted molar refractivity (Wildman–Crippen MR) is 68.9 cm³/mol. The average molecular weight is 272 g/mol. The van der Waals surface area contributed by atoms with Gasteiger partial charge in [0.1, 0.15) is 0 Å². The number of hydrogen-bond donors (Lipinski definition) is 1. The second-order valence-electron chi connectivity index (χ2n) is 5.10. The van der Waals surface area contributed by atoms with E-state index in [-0.39, 0.29) is 12.1 Å². The molecule has 5 heteroatoms. The first-order valence-electron chi connectivity index (χ1n) is 6.55. The van der Waals surface area contributed by atoms with Gasteiger partial charge in [0.05, 0.1) is 6.54 Å². The van der Waals surface area contributed by atoms with Crippen LogP contribution in [0.2, 0.25) is 0 Å². The molecule has 1 N–H and O–H groups in total. The zero-order chi connectivity index (χ0) is 13.9. The summed E-state index contributed by atoms with van der Waals surface area (Å²) < 4.78 is 37.8. The fraction of sp³-hybridized carbons (Fsp3) is 0.571. The van der Waals surface area contributed by atoms with Crippen LogP contribution in [0.4, 0.5) is 13.2 Å². The van der Waals surface area contributed by atoms with E-state index in [0.29, 0.717) is 6.54 Å². The van der Waals surface area contributed by atoms with Crippen LogP contribution >= 0.6 is 0 Å². The molecular weight excluding hydrogens is 253 g/mol. The molecule has 19 heavy (non-hydrogen) atoms. The van der Waals surface area contributed by atoms with Crippen LogP contribution in [0.25, 0.3) is 0 Å². The minimum absolute atomic E-state index is 0.0338. The molecule has 0 aromatic heterocycles. The lowest BCUT2D eigenvalue weighted by Crippen LogP contribution is -2.42. The Balaban J connectivity index is 2.11. The zero-order valence-corrected chi connectivity index (χ0v) is 11.0. The highest BCUT2D eigenvalue weighted by Gasteiger charge is 2.34. The van der Waals surface area contributed by atoms with Crippen LogP contribution in [0.5, 0.6) is 0 Å². The van der Waals surface area contributed by atoms with Crippen LogP contribution in [0.3, 0.4) is 0 Å². The Morgan fingerprint density at radius 1 is 1.26 bits per heavy atom. The van der Waals surface area contributed by atoms with E-state index in [1.807, 2.05) is 37.3 Å². The molecular formula is C14H19F3N2. The number of nitrogens with one attached hydrogen (secondary N) is 1. The van der Waals surface area contributed by atoms with E-state index in [1.54, 1.807) is 0 Å². The molecule has 1 aliphatic heterocycles. The van der Waals surface area contributed by atoms with Gasteiger partial charge in [-0.1, -0.05) is 30.3 Å². The number of nitrogens with zero attached hydrogens (tertiary/aromatic N) is 1. The van der Waals surface area contributed by atoms with Crippen molar-refractivity contribution in [3.63, 3.8) is 0 Å². The summed E-state index contributed by atoms with van der Waals surface area (Å²) in [4.78, 5) is 1.53. The maximum atomic E-state index is 12.6. The minimum Gasteiger partial charge on any atom is -0.309 e. The van der Waals surface area contributed by atoms with E-state index in [2.05, 4.69) is 5.32 Å². The first kappa shape index (κ1) is 14.3. The van der Waals surface area contributed by atoms with Crippen molar-refractivity contribution < 1.29 is 13.2 Å². The first-order chi connectivity index (χ1) is 8.96.